The molecule has 5 heteroatoms. The van der Waals surface area contributed by atoms with Gasteiger partial charge in [-0.15, -0.1) is 0 Å². The van der Waals surface area contributed by atoms with Crippen LogP contribution in [-0.2, 0) is 0 Å². The van der Waals surface area contributed by atoms with Crippen LogP contribution in [0.25, 0.3) is 0 Å². The Morgan fingerprint density at radius 1 is 1.78 bits per heavy atom. The summed E-state index contributed by atoms with van der Waals surface area (Å²) in [6.45, 7) is 1.78. The van der Waals surface area contributed by atoms with Crippen LogP contribution in [-0.4, -0.2) is 10.1 Å². The number of aromatic hydroxyl groups is 1. The maximum absolute atomic E-state index is 8.89. The lowest BCUT2D eigenvalue weighted by Crippen LogP contribution is -1.68. The smallest absolute Gasteiger partial charge is 0.286 e. The normalized spacial score (nSPS) is 9.56. The van der Waals surface area contributed by atoms with E-state index in [9.17, 15) is 0 Å². The van der Waals surface area contributed by atoms with Crippen molar-refractivity contribution < 1.29 is 8.17 Å². The Morgan fingerprint density at radius 2 is 2.44 bits per heavy atom. The first-order valence-corrected chi connectivity index (χ1v) is 3.88. The number of aromatic nitrogens is 1. The van der Waals surface area contributed by atoms with Crippen LogP contribution in [0.4, 0.5) is 0 Å². The molecule has 0 saturated carbocycles. The first kappa shape index (κ1) is 7.07. The van der Waals surface area contributed by atoms with Crippen LogP contribution in [0.5, 0.6) is 11.1 Å². The fraction of sp³-hybridized carbons (Fsp3) is 0.250. The molecule has 0 saturated heterocycles. The maximum atomic E-state index is 8.89. The number of aryl methyl sites for hydroxylation is 1. The van der Waals surface area contributed by atoms with Crippen LogP contribution in [0.15, 0.2) is 0 Å². The number of nitrogens with zero attached hydrogens (tertiary/aromatic N) is 1. The van der Waals surface area contributed by atoms with Gasteiger partial charge < -0.3 is 8.17 Å². The lowest BCUT2D eigenvalue weighted by molar-refractivity contribution is 0.449. The molecule has 0 bridgehead atoms. The SMILES string of the molecule is Cc1sc(OI)nc1O. The summed E-state index contributed by atoms with van der Waals surface area (Å²) in [7, 11) is 0. The highest BCUT2D eigenvalue weighted by Crippen LogP contribution is 2.29. The summed E-state index contributed by atoms with van der Waals surface area (Å²) in [5.74, 6) is 0.0617. The van der Waals surface area contributed by atoms with Crippen molar-refractivity contribution >= 4 is 34.3 Å². The fourth-order valence-corrected chi connectivity index (χ4v) is 1.33. The second-order valence-corrected chi connectivity index (χ2v) is 3.04. The minimum absolute atomic E-state index is 0.0617. The van der Waals surface area contributed by atoms with Crippen molar-refractivity contribution in [3.05, 3.63) is 4.88 Å². The van der Waals surface area contributed by atoms with E-state index in [0.717, 1.165) is 4.88 Å². The number of thiazole rings is 1. The van der Waals surface area contributed by atoms with Gasteiger partial charge in [-0.25, -0.2) is 0 Å². The second kappa shape index (κ2) is 2.70. The average Bonchev–Trinajstić information content (AvgIpc) is 2.13. The van der Waals surface area contributed by atoms with Crippen LogP contribution in [0.1, 0.15) is 4.88 Å². The molecule has 0 unspecified atom stereocenters. The molecule has 0 radical (unpaired) electrons. The third-order valence-electron chi connectivity index (χ3n) is 0.818. The molecule has 0 aliphatic carbocycles. The Hall–Kier alpha value is -0.0400. The van der Waals surface area contributed by atoms with E-state index in [2.05, 4.69) is 4.98 Å². The quantitative estimate of drug-likeness (QED) is 0.781. The molecule has 1 N–H and O–H groups in total. The molecule has 0 aromatic carbocycles. The highest BCUT2D eigenvalue weighted by Gasteiger charge is 2.04. The minimum Gasteiger partial charge on any atom is -0.492 e. The first-order valence-electron chi connectivity index (χ1n) is 2.19. The molecular weight excluding hydrogens is 253 g/mol. The van der Waals surface area contributed by atoms with E-state index in [1.165, 1.54) is 11.3 Å². The summed E-state index contributed by atoms with van der Waals surface area (Å²) in [4.78, 5) is 4.45. The van der Waals surface area contributed by atoms with Gasteiger partial charge in [-0.05, 0) is 6.92 Å². The molecule has 0 amide bonds. The molecule has 9 heavy (non-hydrogen) atoms. The largest absolute Gasteiger partial charge is 0.492 e. The highest BCUT2D eigenvalue weighted by atomic mass is 127. The Labute approximate surface area is 70.4 Å². The zero-order valence-electron chi connectivity index (χ0n) is 4.59. The maximum Gasteiger partial charge on any atom is 0.286 e. The Morgan fingerprint density at radius 3 is 2.67 bits per heavy atom. The summed E-state index contributed by atoms with van der Waals surface area (Å²) in [6.07, 6.45) is 0. The van der Waals surface area contributed by atoms with Gasteiger partial charge in [0.1, 0.15) is 0 Å². The van der Waals surface area contributed by atoms with Crippen molar-refractivity contribution in [3.63, 3.8) is 0 Å². The van der Waals surface area contributed by atoms with Gasteiger partial charge in [0.05, 0.1) is 4.88 Å². The lowest BCUT2D eigenvalue weighted by Gasteiger charge is -1.80. The molecule has 0 atom stereocenters. The first-order chi connectivity index (χ1) is 4.24. The minimum atomic E-state index is 0.0617. The van der Waals surface area contributed by atoms with Gasteiger partial charge in [0, 0.05) is 0 Å². The van der Waals surface area contributed by atoms with Crippen LogP contribution in [0.3, 0.4) is 0 Å². The zero-order chi connectivity index (χ0) is 6.85. The van der Waals surface area contributed by atoms with E-state index in [0.29, 0.717) is 5.19 Å². The topological polar surface area (TPSA) is 42.4 Å². The summed E-state index contributed by atoms with van der Waals surface area (Å²) in [5, 5.41) is 9.38. The fourth-order valence-electron chi connectivity index (χ4n) is 0.398. The summed E-state index contributed by atoms with van der Waals surface area (Å²) in [6, 6.07) is 0. The molecule has 1 rings (SSSR count). The summed E-state index contributed by atoms with van der Waals surface area (Å²) < 4.78 is 4.73. The van der Waals surface area contributed by atoms with Crippen molar-refractivity contribution in [2.45, 2.75) is 6.92 Å². The van der Waals surface area contributed by atoms with E-state index >= 15 is 0 Å². The average molecular weight is 257 g/mol. The van der Waals surface area contributed by atoms with Gasteiger partial charge in [0.15, 0.2) is 23.0 Å². The molecule has 0 fully saturated rings. The predicted octanol–water partition coefficient (Wildman–Crippen LogP) is 1.89. The van der Waals surface area contributed by atoms with E-state index in [1.54, 1.807) is 29.9 Å². The number of hydrogen-bond acceptors (Lipinski definition) is 4. The zero-order valence-corrected chi connectivity index (χ0v) is 7.56. The van der Waals surface area contributed by atoms with Crippen molar-refractivity contribution in [1.82, 2.24) is 4.98 Å². The molecule has 1 aromatic rings. The highest BCUT2D eigenvalue weighted by molar-refractivity contribution is 14.1. The Balaban J connectivity index is 2.98. The molecule has 50 valence electrons. The van der Waals surface area contributed by atoms with Gasteiger partial charge in [-0.1, -0.05) is 11.3 Å². The standard InChI is InChI=1S/C4H4INO2S/c1-2-3(7)6-4(8-5)9-2/h7H,1H3. The Bertz CT molecular complexity index is 193. The molecule has 0 aliphatic heterocycles. The monoisotopic (exact) mass is 257 g/mol. The van der Waals surface area contributed by atoms with Crippen LogP contribution in [0, 0.1) is 6.92 Å². The van der Waals surface area contributed by atoms with Gasteiger partial charge >= 0.3 is 0 Å². The number of halogens is 1. The number of rotatable bonds is 1. The third-order valence-corrected chi connectivity index (χ3v) is 2.37. The van der Waals surface area contributed by atoms with Crippen molar-refractivity contribution in [2.24, 2.45) is 0 Å². The molecule has 1 aromatic heterocycles. The second-order valence-electron chi connectivity index (χ2n) is 1.44. The van der Waals surface area contributed by atoms with Gasteiger partial charge in [-0.3, -0.25) is 0 Å². The van der Waals surface area contributed by atoms with E-state index in [-0.39, 0.29) is 5.88 Å². The Kier molecular flexibility index (Phi) is 2.12. The van der Waals surface area contributed by atoms with Crippen molar-refractivity contribution in [1.29, 1.82) is 0 Å². The number of hydrogen-bond donors (Lipinski definition) is 1. The molecule has 3 nitrogen and oxygen atoms in total. The molecule has 0 aliphatic rings. The van der Waals surface area contributed by atoms with E-state index in [4.69, 9.17) is 8.17 Å². The van der Waals surface area contributed by atoms with Crippen LogP contribution < -0.4 is 3.07 Å². The molecule has 0 spiro atoms. The van der Waals surface area contributed by atoms with Gasteiger partial charge in [0.25, 0.3) is 5.19 Å². The summed E-state index contributed by atoms with van der Waals surface area (Å²) >= 11 is 3.04. The lowest BCUT2D eigenvalue weighted by atomic mass is 10.6. The predicted molar refractivity (Wildman–Crippen MR) is 43.2 cm³/mol. The van der Waals surface area contributed by atoms with Crippen molar-refractivity contribution in [2.75, 3.05) is 0 Å². The molecular formula is C4H4INO2S. The van der Waals surface area contributed by atoms with Gasteiger partial charge in [0.2, 0.25) is 5.88 Å². The summed E-state index contributed by atoms with van der Waals surface area (Å²) in [5.41, 5.74) is 0. The van der Waals surface area contributed by atoms with Crippen molar-refractivity contribution in [3.8, 4) is 11.1 Å². The third kappa shape index (κ3) is 1.45. The van der Waals surface area contributed by atoms with Crippen LogP contribution >= 0.6 is 34.3 Å². The van der Waals surface area contributed by atoms with E-state index < -0.39 is 0 Å². The van der Waals surface area contributed by atoms with Gasteiger partial charge in [-0.2, -0.15) is 4.98 Å². The van der Waals surface area contributed by atoms with E-state index in [1.807, 2.05) is 0 Å². The molecule has 1 heterocycles. The van der Waals surface area contributed by atoms with Crippen LogP contribution in [0.2, 0.25) is 0 Å².